The molecule has 0 atom stereocenters. The largest absolute Gasteiger partial charge is 0.433 e. The molecular formula is C13H11F3N2S. The Kier molecular flexibility index (Phi) is 3.80. The van der Waals surface area contributed by atoms with Gasteiger partial charge in [-0.2, -0.15) is 13.2 Å². The number of aromatic nitrogens is 2. The third kappa shape index (κ3) is 3.26. The molecule has 0 aliphatic rings. The zero-order valence-electron chi connectivity index (χ0n) is 10.3. The van der Waals surface area contributed by atoms with Crippen LogP contribution in [0, 0.1) is 6.92 Å². The van der Waals surface area contributed by atoms with E-state index in [4.69, 9.17) is 0 Å². The summed E-state index contributed by atoms with van der Waals surface area (Å²) in [6.07, 6.45) is -2.82. The quantitative estimate of drug-likeness (QED) is 0.611. The highest BCUT2D eigenvalue weighted by Gasteiger charge is 2.33. The van der Waals surface area contributed by atoms with Crippen LogP contribution in [0.3, 0.4) is 0 Å². The number of halogens is 3. The molecule has 100 valence electrons. The maximum atomic E-state index is 12.8. The van der Waals surface area contributed by atoms with E-state index in [1.807, 2.05) is 13.0 Å². The summed E-state index contributed by atoms with van der Waals surface area (Å²) < 4.78 is 38.3. The topological polar surface area (TPSA) is 25.8 Å². The number of benzene rings is 1. The second-order valence-electron chi connectivity index (χ2n) is 3.99. The Balaban J connectivity index is 2.57. The van der Waals surface area contributed by atoms with Crippen molar-refractivity contribution in [1.29, 1.82) is 0 Å². The van der Waals surface area contributed by atoms with Crippen molar-refractivity contribution < 1.29 is 13.2 Å². The summed E-state index contributed by atoms with van der Waals surface area (Å²) in [5.41, 5.74) is 0.998. The molecule has 0 spiro atoms. The van der Waals surface area contributed by atoms with E-state index in [1.54, 1.807) is 24.5 Å². The minimum Gasteiger partial charge on any atom is -0.222 e. The van der Waals surface area contributed by atoms with Crippen molar-refractivity contribution in [2.24, 2.45) is 0 Å². The molecule has 0 bridgehead atoms. The standard InChI is InChI=1S/C13H11F3N2S/c1-8-4-3-5-9(6-8)10-7-11(13(14,15)16)18-12(17-10)19-2/h3-7H,1-2H3. The molecule has 0 aliphatic heterocycles. The van der Waals surface area contributed by atoms with Gasteiger partial charge in [-0.05, 0) is 25.3 Å². The second-order valence-corrected chi connectivity index (χ2v) is 4.77. The van der Waals surface area contributed by atoms with Gasteiger partial charge in [0.25, 0.3) is 0 Å². The molecule has 0 saturated heterocycles. The highest BCUT2D eigenvalue weighted by molar-refractivity contribution is 7.98. The van der Waals surface area contributed by atoms with Crippen LogP contribution < -0.4 is 0 Å². The van der Waals surface area contributed by atoms with Crippen molar-refractivity contribution in [2.75, 3.05) is 6.26 Å². The Morgan fingerprint density at radius 1 is 1.11 bits per heavy atom. The Hall–Kier alpha value is -1.56. The Bertz CT molecular complexity index is 597. The van der Waals surface area contributed by atoms with Crippen LogP contribution in [0.25, 0.3) is 11.3 Å². The normalized spacial score (nSPS) is 11.6. The van der Waals surface area contributed by atoms with Crippen LogP contribution in [0.5, 0.6) is 0 Å². The fourth-order valence-electron chi connectivity index (χ4n) is 1.61. The number of rotatable bonds is 2. The van der Waals surface area contributed by atoms with Crippen LogP contribution in [0.1, 0.15) is 11.3 Å². The van der Waals surface area contributed by atoms with Gasteiger partial charge in [0.2, 0.25) is 0 Å². The smallest absolute Gasteiger partial charge is 0.222 e. The fraction of sp³-hybridized carbons (Fsp3) is 0.231. The zero-order chi connectivity index (χ0) is 14.0. The van der Waals surface area contributed by atoms with Gasteiger partial charge in [-0.25, -0.2) is 9.97 Å². The van der Waals surface area contributed by atoms with Crippen molar-refractivity contribution in [3.63, 3.8) is 0 Å². The molecule has 6 heteroatoms. The molecule has 1 aromatic carbocycles. The number of hydrogen-bond donors (Lipinski definition) is 0. The van der Waals surface area contributed by atoms with E-state index in [1.165, 1.54) is 0 Å². The SMILES string of the molecule is CSc1nc(-c2cccc(C)c2)cc(C(F)(F)F)n1. The van der Waals surface area contributed by atoms with E-state index in [9.17, 15) is 13.2 Å². The lowest BCUT2D eigenvalue weighted by Gasteiger charge is -2.09. The van der Waals surface area contributed by atoms with Gasteiger partial charge in [-0.1, -0.05) is 35.5 Å². The average molecular weight is 284 g/mol. The zero-order valence-corrected chi connectivity index (χ0v) is 11.1. The first-order valence-corrected chi connectivity index (χ1v) is 6.70. The Morgan fingerprint density at radius 2 is 1.84 bits per heavy atom. The first-order valence-electron chi connectivity index (χ1n) is 5.47. The number of aryl methyl sites for hydroxylation is 1. The number of nitrogens with zero attached hydrogens (tertiary/aromatic N) is 2. The van der Waals surface area contributed by atoms with Gasteiger partial charge in [0.15, 0.2) is 5.16 Å². The fourth-order valence-corrected chi connectivity index (χ4v) is 1.99. The van der Waals surface area contributed by atoms with Gasteiger partial charge >= 0.3 is 6.18 Å². The first-order chi connectivity index (χ1) is 8.90. The second kappa shape index (κ2) is 5.21. The summed E-state index contributed by atoms with van der Waals surface area (Å²) in [7, 11) is 0. The van der Waals surface area contributed by atoms with E-state index in [0.717, 1.165) is 23.4 Å². The van der Waals surface area contributed by atoms with Crippen molar-refractivity contribution >= 4 is 11.8 Å². The van der Waals surface area contributed by atoms with Gasteiger partial charge in [0.1, 0.15) is 5.69 Å². The number of alkyl halides is 3. The van der Waals surface area contributed by atoms with Crippen LogP contribution in [-0.2, 0) is 6.18 Å². The molecule has 2 nitrogen and oxygen atoms in total. The van der Waals surface area contributed by atoms with E-state index in [-0.39, 0.29) is 10.9 Å². The van der Waals surface area contributed by atoms with E-state index < -0.39 is 11.9 Å². The molecule has 1 aromatic heterocycles. The summed E-state index contributed by atoms with van der Waals surface area (Å²) in [4.78, 5) is 7.63. The predicted molar refractivity (Wildman–Crippen MR) is 69.0 cm³/mol. The molecule has 2 aromatic rings. The predicted octanol–water partition coefficient (Wildman–Crippen LogP) is 4.19. The molecule has 1 heterocycles. The summed E-state index contributed by atoms with van der Waals surface area (Å²) >= 11 is 1.09. The van der Waals surface area contributed by atoms with E-state index in [0.29, 0.717) is 5.56 Å². The molecule has 0 radical (unpaired) electrons. The average Bonchev–Trinajstić information content (AvgIpc) is 2.37. The van der Waals surface area contributed by atoms with Gasteiger partial charge in [-0.3, -0.25) is 0 Å². The molecule has 0 N–H and O–H groups in total. The third-order valence-corrected chi connectivity index (χ3v) is 3.04. The minimum atomic E-state index is -4.47. The van der Waals surface area contributed by atoms with E-state index in [2.05, 4.69) is 9.97 Å². The molecule has 0 fully saturated rings. The maximum absolute atomic E-state index is 12.8. The lowest BCUT2D eigenvalue weighted by molar-refractivity contribution is -0.141. The van der Waals surface area contributed by atoms with E-state index >= 15 is 0 Å². The summed E-state index contributed by atoms with van der Waals surface area (Å²) in [6, 6.07) is 8.18. The van der Waals surface area contributed by atoms with Crippen LogP contribution in [-0.4, -0.2) is 16.2 Å². The summed E-state index contributed by atoms with van der Waals surface area (Å²) in [5, 5.41) is 0.117. The highest BCUT2D eigenvalue weighted by atomic mass is 32.2. The molecular weight excluding hydrogens is 273 g/mol. The molecule has 0 saturated carbocycles. The molecule has 0 aliphatic carbocycles. The first kappa shape index (κ1) is 13.9. The third-order valence-electron chi connectivity index (χ3n) is 2.49. The number of hydrogen-bond acceptors (Lipinski definition) is 3. The van der Waals surface area contributed by atoms with Crippen molar-refractivity contribution in [2.45, 2.75) is 18.3 Å². The Morgan fingerprint density at radius 3 is 2.42 bits per heavy atom. The minimum absolute atomic E-state index is 0.117. The lowest BCUT2D eigenvalue weighted by Crippen LogP contribution is -2.10. The van der Waals surface area contributed by atoms with Crippen LogP contribution in [0.2, 0.25) is 0 Å². The molecule has 0 unspecified atom stereocenters. The van der Waals surface area contributed by atoms with Crippen LogP contribution in [0.4, 0.5) is 13.2 Å². The van der Waals surface area contributed by atoms with Crippen LogP contribution in [0.15, 0.2) is 35.5 Å². The summed E-state index contributed by atoms with van der Waals surface area (Å²) in [5.74, 6) is 0. The van der Waals surface area contributed by atoms with Crippen molar-refractivity contribution in [3.8, 4) is 11.3 Å². The van der Waals surface area contributed by atoms with Crippen molar-refractivity contribution in [3.05, 3.63) is 41.6 Å². The monoisotopic (exact) mass is 284 g/mol. The van der Waals surface area contributed by atoms with Gasteiger partial charge in [-0.15, -0.1) is 0 Å². The van der Waals surface area contributed by atoms with Gasteiger partial charge < -0.3 is 0 Å². The maximum Gasteiger partial charge on any atom is 0.433 e. The van der Waals surface area contributed by atoms with Gasteiger partial charge in [0.05, 0.1) is 5.69 Å². The highest BCUT2D eigenvalue weighted by Crippen LogP contribution is 2.31. The molecule has 19 heavy (non-hydrogen) atoms. The molecule has 2 rings (SSSR count). The summed E-state index contributed by atoms with van der Waals surface area (Å²) in [6.45, 7) is 1.88. The van der Waals surface area contributed by atoms with Gasteiger partial charge in [0, 0.05) is 5.56 Å². The Labute approximate surface area is 113 Å². The van der Waals surface area contributed by atoms with Crippen LogP contribution >= 0.6 is 11.8 Å². The lowest BCUT2D eigenvalue weighted by atomic mass is 10.1. The van der Waals surface area contributed by atoms with Crippen molar-refractivity contribution in [1.82, 2.24) is 9.97 Å². The molecule has 0 amide bonds. The number of thioether (sulfide) groups is 1.